The molecule has 6 heteroatoms. The Kier molecular flexibility index (Phi) is 6.05. The van der Waals surface area contributed by atoms with Crippen molar-refractivity contribution in [3.8, 4) is 11.1 Å². The Bertz CT molecular complexity index is 1550. The third-order valence-corrected chi connectivity index (χ3v) is 6.33. The van der Waals surface area contributed by atoms with Gasteiger partial charge in [0.25, 0.3) is 0 Å². The third kappa shape index (κ3) is 4.29. The van der Waals surface area contributed by atoms with Crippen LogP contribution in [0.5, 0.6) is 0 Å². The predicted molar refractivity (Wildman–Crippen MR) is 137 cm³/mol. The van der Waals surface area contributed by atoms with Gasteiger partial charge < -0.3 is 5.73 Å². The summed E-state index contributed by atoms with van der Waals surface area (Å²) < 4.78 is 29.9. The smallest absolute Gasteiger partial charge is 0.238 e. The second kappa shape index (κ2) is 9.31. The third-order valence-electron chi connectivity index (χ3n) is 6.33. The first-order valence-electron chi connectivity index (χ1n) is 11.5. The van der Waals surface area contributed by atoms with Crippen molar-refractivity contribution in [2.24, 2.45) is 5.73 Å². The van der Waals surface area contributed by atoms with Crippen LogP contribution in [0.2, 0.25) is 0 Å². The molecule has 2 N–H and O–H groups in total. The van der Waals surface area contributed by atoms with Crippen molar-refractivity contribution in [3.05, 3.63) is 108 Å². The molecule has 1 aromatic heterocycles. The van der Waals surface area contributed by atoms with Crippen molar-refractivity contribution in [3.63, 3.8) is 0 Å². The lowest BCUT2D eigenvalue weighted by molar-refractivity contribution is -0.118. The molecule has 0 radical (unpaired) electrons. The first-order chi connectivity index (χ1) is 17.0. The van der Waals surface area contributed by atoms with E-state index in [1.807, 2.05) is 36.5 Å². The van der Waals surface area contributed by atoms with Gasteiger partial charge in [0.2, 0.25) is 5.91 Å². The summed E-state index contributed by atoms with van der Waals surface area (Å²) in [6.07, 6.45) is 2.48. The van der Waals surface area contributed by atoms with Gasteiger partial charge in [0, 0.05) is 24.1 Å². The summed E-state index contributed by atoms with van der Waals surface area (Å²) in [5, 5.41) is 4.69. The lowest BCUT2D eigenvalue weighted by Crippen LogP contribution is -2.38. The van der Waals surface area contributed by atoms with E-state index in [-0.39, 0.29) is 18.0 Å². The number of carbonyl (C=O) groups is 1. The van der Waals surface area contributed by atoms with Crippen LogP contribution in [0.4, 0.5) is 8.78 Å². The van der Waals surface area contributed by atoms with Crippen molar-refractivity contribution in [2.45, 2.75) is 19.9 Å². The monoisotopic (exact) mass is 469 g/mol. The maximum Gasteiger partial charge on any atom is 0.238 e. The molecule has 0 aliphatic rings. The van der Waals surface area contributed by atoms with Gasteiger partial charge in [-0.1, -0.05) is 48.5 Å². The quantitative estimate of drug-likeness (QED) is 0.335. The zero-order valence-electron chi connectivity index (χ0n) is 19.3. The van der Waals surface area contributed by atoms with Crippen molar-refractivity contribution in [1.82, 2.24) is 4.68 Å². The van der Waals surface area contributed by atoms with E-state index in [1.54, 1.807) is 4.68 Å². The number of carbonyl (C=O) groups excluding carboxylic acids is 1. The lowest BCUT2D eigenvalue weighted by atomic mass is 9.96. The zero-order chi connectivity index (χ0) is 24.5. The number of nitrogens with two attached hydrogens (primary N) is 1. The van der Waals surface area contributed by atoms with Gasteiger partial charge in [0.15, 0.2) is 0 Å². The Hall–Kier alpha value is -4.03. The van der Waals surface area contributed by atoms with Crippen LogP contribution >= 0.6 is 0 Å². The number of halogens is 2. The molecule has 1 heterocycles. The molecule has 0 saturated carbocycles. The fourth-order valence-electron chi connectivity index (χ4n) is 4.64. The highest BCUT2D eigenvalue weighted by atomic mass is 19.1. The molecule has 4 aromatic carbocycles. The molecule has 0 aliphatic heterocycles. The maximum atomic E-state index is 14.4. The number of hydrogen-bond acceptors (Lipinski definition) is 2. The van der Waals surface area contributed by atoms with Gasteiger partial charge in [-0.25, -0.2) is 13.8 Å². The Morgan fingerprint density at radius 3 is 2.51 bits per heavy atom. The minimum Gasteiger partial charge on any atom is -0.330 e. The molecule has 4 nitrogen and oxygen atoms in total. The summed E-state index contributed by atoms with van der Waals surface area (Å²) >= 11 is 0. The van der Waals surface area contributed by atoms with Crippen molar-refractivity contribution < 1.29 is 13.6 Å². The lowest BCUT2D eigenvalue weighted by Gasteiger charge is -2.24. The van der Waals surface area contributed by atoms with E-state index in [2.05, 4.69) is 30.3 Å². The van der Waals surface area contributed by atoms with Crippen molar-refractivity contribution in [1.29, 1.82) is 0 Å². The molecule has 0 bridgehead atoms. The van der Waals surface area contributed by atoms with Crippen molar-refractivity contribution in [2.75, 3.05) is 11.6 Å². The highest BCUT2D eigenvalue weighted by Crippen LogP contribution is 2.33. The van der Waals surface area contributed by atoms with Gasteiger partial charge >= 0.3 is 0 Å². The van der Waals surface area contributed by atoms with Gasteiger partial charge in [-0.15, -0.1) is 0 Å². The van der Waals surface area contributed by atoms with Crippen LogP contribution in [0, 0.1) is 11.6 Å². The molecule has 0 aliphatic carbocycles. The highest BCUT2D eigenvalue weighted by Gasteiger charge is 2.19. The number of rotatable bonds is 6. The highest BCUT2D eigenvalue weighted by molar-refractivity contribution is 5.99. The average molecular weight is 470 g/mol. The van der Waals surface area contributed by atoms with Gasteiger partial charge in [-0.3, -0.25) is 9.47 Å². The van der Waals surface area contributed by atoms with Crippen LogP contribution in [0.1, 0.15) is 18.1 Å². The second-order valence-electron chi connectivity index (χ2n) is 8.61. The summed E-state index contributed by atoms with van der Waals surface area (Å²) in [7, 11) is 0. The van der Waals surface area contributed by atoms with Crippen LogP contribution in [0.15, 0.2) is 85.1 Å². The second-order valence-corrected chi connectivity index (χ2v) is 8.61. The predicted octanol–water partition coefficient (Wildman–Crippen LogP) is 5.93. The zero-order valence-corrected chi connectivity index (χ0v) is 19.3. The molecular weight excluding hydrogens is 444 g/mol. The van der Waals surface area contributed by atoms with Gasteiger partial charge in [-0.05, 0) is 70.8 Å². The minimum absolute atomic E-state index is 0.101. The molecule has 5 rings (SSSR count). The SMILES string of the molecule is CC(=O)N(Cc1cc(F)ccc1F)n1cc(CCN)c2cc(-c3cccc4ccccc34)ccc21. The van der Waals surface area contributed by atoms with Crippen LogP contribution in [-0.4, -0.2) is 17.1 Å². The molecule has 0 spiro atoms. The maximum absolute atomic E-state index is 14.4. The molecule has 35 heavy (non-hydrogen) atoms. The fraction of sp³-hybridized carbons (Fsp3) is 0.138. The molecule has 176 valence electrons. The number of benzene rings is 4. The van der Waals surface area contributed by atoms with Crippen LogP contribution in [0.25, 0.3) is 32.8 Å². The Labute approximate surface area is 202 Å². The number of hydrogen-bond donors (Lipinski definition) is 1. The van der Waals surface area contributed by atoms with E-state index >= 15 is 0 Å². The molecule has 5 aromatic rings. The average Bonchev–Trinajstić information content (AvgIpc) is 3.21. The van der Waals surface area contributed by atoms with Crippen LogP contribution < -0.4 is 10.7 Å². The van der Waals surface area contributed by atoms with Gasteiger partial charge in [0.1, 0.15) is 11.6 Å². The normalized spacial score (nSPS) is 11.3. The van der Waals surface area contributed by atoms with Gasteiger partial charge in [0.05, 0.1) is 12.1 Å². The molecule has 0 unspecified atom stereocenters. The Morgan fingerprint density at radius 2 is 1.71 bits per heavy atom. The molecule has 0 saturated heterocycles. The topological polar surface area (TPSA) is 51.3 Å². The van der Waals surface area contributed by atoms with E-state index in [9.17, 15) is 13.6 Å². The first kappa shape index (κ1) is 22.7. The van der Waals surface area contributed by atoms with E-state index < -0.39 is 11.6 Å². The van der Waals surface area contributed by atoms with E-state index in [1.165, 1.54) is 11.9 Å². The molecule has 0 fully saturated rings. The molecule has 0 atom stereocenters. The summed E-state index contributed by atoms with van der Waals surface area (Å²) in [6.45, 7) is 1.75. The number of nitrogens with zero attached hydrogens (tertiary/aromatic N) is 2. The van der Waals surface area contributed by atoms with E-state index in [4.69, 9.17) is 5.73 Å². The summed E-state index contributed by atoms with van der Waals surface area (Å²) in [6, 6.07) is 23.8. The fourth-order valence-corrected chi connectivity index (χ4v) is 4.64. The largest absolute Gasteiger partial charge is 0.330 e. The number of aromatic nitrogens is 1. The van der Waals surface area contributed by atoms with E-state index in [0.717, 1.165) is 56.6 Å². The molecule has 1 amide bonds. The van der Waals surface area contributed by atoms with Gasteiger partial charge in [-0.2, -0.15) is 0 Å². The Morgan fingerprint density at radius 1 is 0.914 bits per heavy atom. The summed E-state index contributed by atoms with van der Waals surface area (Å²) in [5.41, 5.74) is 9.95. The van der Waals surface area contributed by atoms with Crippen LogP contribution in [0.3, 0.4) is 0 Å². The molecular formula is C29H25F2N3O. The minimum atomic E-state index is -0.561. The number of amides is 1. The summed E-state index contributed by atoms with van der Waals surface area (Å²) in [4.78, 5) is 12.7. The summed E-state index contributed by atoms with van der Waals surface area (Å²) in [5.74, 6) is -1.40. The number of fused-ring (bicyclic) bond motifs is 2. The standard InChI is InChI=1S/C29H25F2N3O/c1-19(35)33(18-23-15-24(30)10-11-28(23)31)34-17-22(13-14-32)27-16-21(9-12-29(27)34)26-8-4-6-20-5-2-3-7-25(20)26/h2-12,15-17H,13-14,18,32H2,1H3. The van der Waals surface area contributed by atoms with Crippen LogP contribution in [-0.2, 0) is 17.8 Å². The first-order valence-corrected chi connectivity index (χ1v) is 11.5. The Balaban J connectivity index is 1.65. The van der Waals surface area contributed by atoms with E-state index in [0.29, 0.717) is 13.0 Å². The van der Waals surface area contributed by atoms with Crippen molar-refractivity contribution >= 4 is 27.6 Å².